The smallest absolute Gasteiger partial charge is 0.316 e. The summed E-state index contributed by atoms with van der Waals surface area (Å²) < 4.78 is 0. The summed E-state index contributed by atoms with van der Waals surface area (Å²) in [5.74, 6) is 0.500. The number of ketones is 2. The fourth-order valence-electron chi connectivity index (χ4n) is 9.80. The summed E-state index contributed by atoms with van der Waals surface area (Å²) in [7, 11) is 0. The van der Waals surface area contributed by atoms with Crippen LogP contribution in [0.15, 0.2) is 261 Å². The van der Waals surface area contributed by atoms with Gasteiger partial charge in [-0.2, -0.15) is 0 Å². The number of hydrogen-bond donors (Lipinski definition) is 2. The SMILES string of the molecule is CC(=[OH+])C=C(C)O.CC(=[OH+])C=C(C)O.CC(C)(C)c1ccnc(-c2[c-]cccc2)c1.Cc1c[c-]c(-c2cc(C)ccn2)cc1.Cc1c[c-]c(-c2ccccn2)cc1-c1ccccc1.Cc1c[c-]c2c(c1)CCc1cccnc1-2.[Ir].[Ir].[Ir].[Ir].[Ir].[c-]1ccccc1-c1nccc2ccccc12. The molecule has 9 nitrogen and oxygen atoms in total. The van der Waals surface area contributed by atoms with E-state index in [9.17, 15) is 0 Å². The number of nitrogens with zero attached hydrogens (tertiary/aromatic N) is 5. The monoisotopic (exact) mass is 2200 g/mol. The Morgan fingerprint density at radius 1 is 0.424 bits per heavy atom. The van der Waals surface area contributed by atoms with Gasteiger partial charge in [0.2, 0.25) is 0 Å². The van der Waals surface area contributed by atoms with Gasteiger partial charge in [-0.25, -0.2) is 0 Å². The van der Waals surface area contributed by atoms with Crippen LogP contribution in [0, 0.1) is 58.0 Å². The van der Waals surface area contributed by atoms with Crippen molar-refractivity contribution in [3.8, 4) is 67.4 Å². The summed E-state index contributed by atoms with van der Waals surface area (Å²) in [4.78, 5) is 38.8. The van der Waals surface area contributed by atoms with Gasteiger partial charge >= 0.3 is 11.6 Å². The Morgan fingerprint density at radius 3 is 1.56 bits per heavy atom. The standard InChI is InChI=1S/C18H14N.C15H10N.C15H16N.C14H12N.C13H12N.2C5H8O2.5Ir/c1-14-10-11-16(18-9-5-6-12-19-18)13-17(14)15-7-3-2-4-8-15;1-2-7-13(8-3-1)15-14-9-5-4-6-12(14)10-11-16-15;1-15(2,3)13-9-10-16-14(11-13)12-7-5-4-6-8-12;1-10-4-7-13-12(9-10)6-5-11-3-2-8-15-14(11)13;1-10-3-5-12(6-4-10)13-9-11(2)7-8-14-13;2*1-4(6)3-5(2)7;;;;;/h2-10,12-13H,1H3;1-7,9-11H;4-7,9-11H,1-3H3;2-4,8-9H,5-6H2,1H3;3-5,7-9H,1-2H3;2*3,6H,1-2H3;;;;;/q5*-1;;;;;;;/p+2. The molecule has 0 unspecified atom stereocenters. The normalized spacial score (nSPS) is 10.6. The van der Waals surface area contributed by atoms with E-state index in [1.807, 2.05) is 152 Å². The van der Waals surface area contributed by atoms with Gasteiger partial charge in [0.1, 0.15) is 0 Å². The minimum Gasteiger partial charge on any atom is -0.512 e. The zero-order valence-corrected chi connectivity index (χ0v) is 69.3. The number of hydrogen-bond acceptors (Lipinski definition) is 7. The number of fused-ring (bicyclic) bond motifs is 4. The molecule has 5 heterocycles. The van der Waals surface area contributed by atoms with Gasteiger partial charge in [-0.1, -0.05) is 150 Å². The van der Waals surface area contributed by atoms with Crippen LogP contribution < -0.4 is 0 Å². The van der Waals surface area contributed by atoms with Gasteiger partial charge < -0.3 is 35.1 Å². The molecule has 1 aliphatic rings. The van der Waals surface area contributed by atoms with Crippen molar-refractivity contribution in [2.75, 3.05) is 0 Å². The Hall–Kier alpha value is -7.78. The third kappa shape index (κ3) is 29.1. The van der Waals surface area contributed by atoms with Crippen LogP contribution in [0.1, 0.15) is 87.4 Å². The molecule has 0 aliphatic heterocycles. The van der Waals surface area contributed by atoms with Crippen LogP contribution in [0.5, 0.6) is 0 Å². The van der Waals surface area contributed by atoms with E-state index >= 15 is 0 Å². The molecule has 12 aromatic rings. The van der Waals surface area contributed by atoms with Crippen molar-refractivity contribution >= 4 is 22.3 Å². The maximum atomic E-state index is 8.40. The summed E-state index contributed by atoms with van der Waals surface area (Å²) in [5, 5.41) is 19.2. The van der Waals surface area contributed by atoms with Crippen molar-refractivity contribution < 1.29 is 120 Å². The number of aliphatic hydroxyl groups is 2. The van der Waals surface area contributed by atoms with Gasteiger partial charge in [0.05, 0.1) is 37.5 Å². The molecule has 14 heteroatoms. The summed E-state index contributed by atoms with van der Waals surface area (Å²) in [5.41, 5.74) is 22.1. The summed E-state index contributed by atoms with van der Waals surface area (Å²) in [6.07, 6.45) is 14.0. The number of aryl methyl sites for hydroxylation is 6. The van der Waals surface area contributed by atoms with E-state index < -0.39 is 0 Å². The third-order valence-corrected chi connectivity index (χ3v) is 14.4. The second-order valence-electron chi connectivity index (χ2n) is 23.6. The van der Waals surface area contributed by atoms with E-state index in [1.165, 1.54) is 106 Å². The minimum absolute atomic E-state index is 0. The zero-order valence-electron chi connectivity index (χ0n) is 57.3. The van der Waals surface area contributed by atoms with Crippen molar-refractivity contribution in [1.82, 2.24) is 24.9 Å². The number of aromatic nitrogens is 5. The van der Waals surface area contributed by atoms with E-state index in [2.05, 4.69) is 189 Å². The Labute approximate surface area is 653 Å². The van der Waals surface area contributed by atoms with Gasteiger partial charge in [0, 0.05) is 132 Å². The largest absolute Gasteiger partial charge is 0.512 e. The van der Waals surface area contributed by atoms with E-state index in [4.69, 9.17) is 19.8 Å². The maximum Gasteiger partial charge on any atom is 0.316 e. The molecule has 13 rings (SSSR count). The number of aliphatic hydroxyl groups excluding tert-OH is 2. The first-order chi connectivity index (χ1) is 45.2. The molecule has 0 bridgehead atoms. The summed E-state index contributed by atoms with van der Waals surface area (Å²) in [6, 6.07) is 85.9. The molecular formula is C85H82Ir5N5O4-3. The number of pyridine rings is 5. The molecule has 0 saturated heterocycles. The maximum absolute atomic E-state index is 8.40. The zero-order chi connectivity index (χ0) is 67.4. The van der Waals surface area contributed by atoms with Crippen LogP contribution in [0.4, 0.5) is 0 Å². The molecule has 5 radical (unpaired) electrons. The van der Waals surface area contributed by atoms with Gasteiger partial charge in [0.25, 0.3) is 0 Å². The first-order valence-electron chi connectivity index (χ1n) is 31.1. The molecule has 0 spiro atoms. The Balaban J connectivity index is 0.000000398. The first kappa shape index (κ1) is 87.3. The first-order valence-corrected chi connectivity index (χ1v) is 31.1. The van der Waals surface area contributed by atoms with E-state index in [-0.39, 0.29) is 129 Å². The molecule has 0 amide bonds. The molecule has 99 heavy (non-hydrogen) atoms. The van der Waals surface area contributed by atoms with Crippen LogP contribution in [0.25, 0.3) is 78.2 Å². The molecule has 0 saturated carbocycles. The molecule has 7 aromatic carbocycles. The number of allylic oxidation sites excluding steroid dienone is 4. The molecule has 1 aliphatic carbocycles. The average Bonchev–Trinajstić information content (AvgIpc) is 0.800. The molecule has 4 N–H and O–H groups in total. The van der Waals surface area contributed by atoms with Crippen LogP contribution in [-0.2, 0) is 119 Å². The van der Waals surface area contributed by atoms with Crippen LogP contribution in [-0.4, -0.2) is 56.3 Å². The second-order valence-corrected chi connectivity index (χ2v) is 23.6. The van der Waals surface area contributed by atoms with E-state index in [1.54, 1.807) is 0 Å². The van der Waals surface area contributed by atoms with E-state index in [0.29, 0.717) is 0 Å². The van der Waals surface area contributed by atoms with Crippen molar-refractivity contribution in [1.29, 1.82) is 0 Å². The van der Waals surface area contributed by atoms with Crippen molar-refractivity contribution in [2.45, 2.75) is 94.4 Å². The predicted molar refractivity (Wildman–Crippen MR) is 389 cm³/mol. The van der Waals surface area contributed by atoms with Crippen molar-refractivity contribution in [3.05, 3.63) is 330 Å². The van der Waals surface area contributed by atoms with Gasteiger partial charge in [-0.15, -0.1) is 171 Å². The van der Waals surface area contributed by atoms with Gasteiger partial charge in [-0.05, 0) is 113 Å². The van der Waals surface area contributed by atoms with Crippen molar-refractivity contribution in [3.63, 3.8) is 0 Å². The molecule has 5 aromatic heterocycles. The Bertz CT molecular complexity index is 4410. The van der Waals surface area contributed by atoms with Crippen LogP contribution >= 0.6 is 0 Å². The summed E-state index contributed by atoms with van der Waals surface area (Å²) in [6.45, 7) is 21.0. The molecule has 0 fully saturated rings. The summed E-state index contributed by atoms with van der Waals surface area (Å²) >= 11 is 0. The number of carbonyl (C=O) groups excluding carboxylic acids is 2. The topological polar surface area (TPSA) is 148 Å². The van der Waals surface area contributed by atoms with Crippen LogP contribution in [0.2, 0.25) is 0 Å². The third-order valence-electron chi connectivity index (χ3n) is 14.4. The number of benzene rings is 7. The van der Waals surface area contributed by atoms with Crippen molar-refractivity contribution in [2.24, 2.45) is 0 Å². The Morgan fingerprint density at radius 2 is 0.970 bits per heavy atom. The fourth-order valence-corrected chi connectivity index (χ4v) is 9.80. The Kier molecular flexibility index (Phi) is 39.8. The quantitative estimate of drug-likeness (QED) is 0.0699. The van der Waals surface area contributed by atoms with E-state index in [0.717, 1.165) is 63.6 Å². The second kappa shape index (κ2) is 45.1. The molecular weight excluding hydrogens is 2120 g/mol. The number of rotatable bonds is 7. The average molecular weight is 2200 g/mol. The molecule has 0 atom stereocenters. The molecule has 519 valence electrons. The van der Waals surface area contributed by atoms with Gasteiger partial charge in [-0.3, -0.25) is 9.59 Å². The minimum atomic E-state index is 0. The fraction of sp³-hybridized carbons (Fsp3) is 0.165. The van der Waals surface area contributed by atoms with Gasteiger partial charge in [0.15, 0.2) is 0 Å². The predicted octanol–water partition coefficient (Wildman–Crippen LogP) is 20.2. The van der Waals surface area contributed by atoms with Crippen LogP contribution in [0.3, 0.4) is 0 Å².